The molecule has 0 amide bonds. The van der Waals surface area contributed by atoms with Gasteiger partial charge in [-0.2, -0.15) is 0 Å². The molecular formula is C20H32O3. The normalized spacial score (nSPS) is 13.3. The minimum atomic E-state index is -1.18. The van der Waals surface area contributed by atoms with Crippen LogP contribution in [0, 0.1) is 0 Å². The van der Waals surface area contributed by atoms with E-state index in [2.05, 4.69) is 39.8 Å². The SMILES string of the molecule is CC(C)=CCC/C(C)=C/C(=O)OC(O)/C=C(\C)CCC=C(C)C. The highest BCUT2D eigenvalue weighted by Gasteiger charge is 2.07. The molecule has 0 saturated heterocycles. The van der Waals surface area contributed by atoms with Gasteiger partial charge in [0.1, 0.15) is 0 Å². The first kappa shape index (κ1) is 21.4. The molecule has 1 unspecified atom stereocenters. The zero-order chi connectivity index (χ0) is 17.8. The Morgan fingerprint density at radius 3 is 1.87 bits per heavy atom. The molecule has 23 heavy (non-hydrogen) atoms. The zero-order valence-corrected chi connectivity index (χ0v) is 15.5. The van der Waals surface area contributed by atoms with Crippen LogP contribution in [0.2, 0.25) is 0 Å². The number of hydrogen-bond acceptors (Lipinski definition) is 3. The van der Waals surface area contributed by atoms with E-state index < -0.39 is 12.3 Å². The zero-order valence-electron chi connectivity index (χ0n) is 15.5. The molecule has 0 heterocycles. The van der Waals surface area contributed by atoms with Crippen molar-refractivity contribution in [1.29, 1.82) is 0 Å². The largest absolute Gasteiger partial charge is 0.429 e. The Balaban J connectivity index is 4.32. The first-order valence-corrected chi connectivity index (χ1v) is 8.20. The molecule has 130 valence electrons. The second-order valence-electron chi connectivity index (χ2n) is 6.47. The number of ether oxygens (including phenoxy) is 1. The predicted molar refractivity (Wildman–Crippen MR) is 96.9 cm³/mol. The Hall–Kier alpha value is -1.61. The lowest BCUT2D eigenvalue weighted by Gasteiger charge is -2.08. The summed E-state index contributed by atoms with van der Waals surface area (Å²) in [5, 5.41) is 9.79. The maximum absolute atomic E-state index is 11.7. The summed E-state index contributed by atoms with van der Waals surface area (Å²) in [6, 6.07) is 0. The average Bonchev–Trinajstić information content (AvgIpc) is 2.36. The number of esters is 1. The first-order chi connectivity index (χ1) is 10.7. The average molecular weight is 320 g/mol. The Kier molecular flexibility index (Phi) is 11.1. The van der Waals surface area contributed by atoms with Crippen molar-refractivity contribution in [3.8, 4) is 0 Å². The van der Waals surface area contributed by atoms with E-state index in [1.807, 2.05) is 13.8 Å². The molecule has 0 aliphatic rings. The second-order valence-corrected chi connectivity index (χ2v) is 6.47. The van der Waals surface area contributed by atoms with E-state index in [-0.39, 0.29) is 0 Å². The van der Waals surface area contributed by atoms with Crippen LogP contribution in [0.25, 0.3) is 0 Å². The van der Waals surface area contributed by atoms with Crippen LogP contribution < -0.4 is 0 Å². The summed E-state index contributed by atoms with van der Waals surface area (Å²) in [6.45, 7) is 12.0. The fraction of sp³-hybridized carbons (Fsp3) is 0.550. The number of aliphatic hydroxyl groups is 1. The molecule has 0 radical (unpaired) electrons. The van der Waals surface area contributed by atoms with Crippen LogP contribution >= 0.6 is 0 Å². The molecule has 0 fully saturated rings. The van der Waals surface area contributed by atoms with Crippen LogP contribution in [-0.2, 0) is 9.53 Å². The van der Waals surface area contributed by atoms with E-state index in [0.717, 1.165) is 36.8 Å². The van der Waals surface area contributed by atoms with E-state index in [9.17, 15) is 9.90 Å². The molecule has 0 spiro atoms. The molecule has 1 N–H and O–H groups in total. The van der Waals surface area contributed by atoms with Gasteiger partial charge in [-0.25, -0.2) is 4.79 Å². The summed E-state index contributed by atoms with van der Waals surface area (Å²) < 4.78 is 4.98. The van der Waals surface area contributed by atoms with Crippen LogP contribution in [0.1, 0.15) is 67.2 Å². The van der Waals surface area contributed by atoms with Crippen LogP contribution in [0.15, 0.2) is 46.6 Å². The van der Waals surface area contributed by atoms with Crippen LogP contribution in [0.4, 0.5) is 0 Å². The number of allylic oxidation sites excluding steroid dienone is 6. The third-order valence-corrected chi connectivity index (χ3v) is 3.21. The monoisotopic (exact) mass is 320 g/mol. The minimum Gasteiger partial charge on any atom is -0.429 e. The molecule has 0 bridgehead atoms. The van der Waals surface area contributed by atoms with E-state index in [1.165, 1.54) is 17.2 Å². The molecular weight excluding hydrogens is 288 g/mol. The maximum Gasteiger partial charge on any atom is 0.333 e. The third-order valence-electron chi connectivity index (χ3n) is 3.21. The second kappa shape index (κ2) is 11.9. The van der Waals surface area contributed by atoms with Gasteiger partial charge in [-0.3, -0.25) is 0 Å². The molecule has 0 aliphatic heterocycles. The summed E-state index contributed by atoms with van der Waals surface area (Å²) in [7, 11) is 0. The van der Waals surface area contributed by atoms with Gasteiger partial charge in [0.15, 0.2) is 0 Å². The van der Waals surface area contributed by atoms with Crippen LogP contribution in [0.3, 0.4) is 0 Å². The first-order valence-electron chi connectivity index (χ1n) is 8.20. The van der Waals surface area contributed by atoms with Gasteiger partial charge in [0.25, 0.3) is 0 Å². The highest BCUT2D eigenvalue weighted by Crippen LogP contribution is 2.10. The van der Waals surface area contributed by atoms with Crippen molar-refractivity contribution in [3.05, 3.63) is 46.6 Å². The van der Waals surface area contributed by atoms with Crippen molar-refractivity contribution < 1.29 is 14.6 Å². The van der Waals surface area contributed by atoms with E-state index in [1.54, 1.807) is 6.08 Å². The number of hydrogen-bond donors (Lipinski definition) is 1. The Morgan fingerprint density at radius 1 is 0.913 bits per heavy atom. The van der Waals surface area contributed by atoms with Crippen LogP contribution in [-0.4, -0.2) is 17.4 Å². The van der Waals surface area contributed by atoms with Crippen molar-refractivity contribution >= 4 is 5.97 Å². The number of carbonyl (C=O) groups excluding carboxylic acids is 1. The highest BCUT2D eigenvalue weighted by atomic mass is 16.6. The Bertz CT molecular complexity index is 485. The van der Waals surface area contributed by atoms with Crippen molar-refractivity contribution in [2.75, 3.05) is 0 Å². The summed E-state index contributed by atoms with van der Waals surface area (Å²) in [6.07, 6.45) is 9.63. The molecule has 3 heteroatoms. The molecule has 0 aromatic heterocycles. The van der Waals surface area contributed by atoms with Gasteiger partial charge in [0, 0.05) is 6.08 Å². The third kappa shape index (κ3) is 13.8. The summed E-state index contributed by atoms with van der Waals surface area (Å²) >= 11 is 0. The van der Waals surface area contributed by atoms with Gasteiger partial charge in [-0.05, 0) is 73.3 Å². The summed E-state index contributed by atoms with van der Waals surface area (Å²) in [5.41, 5.74) is 4.50. The van der Waals surface area contributed by atoms with Gasteiger partial charge in [0.05, 0.1) is 0 Å². The molecule has 0 aromatic rings. The van der Waals surface area contributed by atoms with Gasteiger partial charge >= 0.3 is 5.97 Å². The highest BCUT2D eigenvalue weighted by molar-refractivity contribution is 5.82. The molecule has 0 rings (SSSR count). The van der Waals surface area contributed by atoms with Crippen molar-refractivity contribution in [2.45, 2.75) is 73.5 Å². The maximum atomic E-state index is 11.7. The molecule has 0 aliphatic carbocycles. The Morgan fingerprint density at radius 2 is 1.39 bits per heavy atom. The van der Waals surface area contributed by atoms with E-state index in [0.29, 0.717) is 0 Å². The lowest BCUT2D eigenvalue weighted by molar-refractivity contribution is -0.154. The van der Waals surface area contributed by atoms with E-state index in [4.69, 9.17) is 4.74 Å². The van der Waals surface area contributed by atoms with E-state index >= 15 is 0 Å². The number of rotatable bonds is 9. The van der Waals surface area contributed by atoms with Gasteiger partial charge in [-0.15, -0.1) is 0 Å². The van der Waals surface area contributed by atoms with Gasteiger partial charge in [0.2, 0.25) is 6.29 Å². The van der Waals surface area contributed by atoms with Gasteiger partial charge in [-0.1, -0.05) is 34.4 Å². The number of carbonyl (C=O) groups is 1. The standard InChI is InChI=1S/C20H32O3/c1-15(2)9-7-11-17(5)13-19(21)23-20(22)14-18(6)12-8-10-16(3)4/h9-10,13-14,19,21H,7-8,11-12H2,1-6H3/b17-13+,18-14+. The van der Waals surface area contributed by atoms with Crippen molar-refractivity contribution in [1.82, 2.24) is 0 Å². The molecule has 0 saturated carbocycles. The number of aliphatic hydroxyl groups excluding tert-OH is 1. The van der Waals surface area contributed by atoms with Crippen LogP contribution in [0.5, 0.6) is 0 Å². The fourth-order valence-corrected chi connectivity index (χ4v) is 1.96. The molecule has 0 aromatic carbocycles. The lowest BCUT2D eigenvalue weighted by atomic mass is 10.1. The lowest BCUT2D eigenvalue weighted by Crippen LogP contribution is -2.14. The topological polar surface area (TPSA) is 46.5 Å². The van der Waals surface area contributed by atoms with Gasteiger partial charge < -0.3 is 9.84 Å². The fourth-order valence-electron chi connectivity index (χ4n) is 1.96. The molecule has 1 atom stereocenters. The minimum absolute atomic E-state index is 0.499. The summed E-state index contributed by atoms with van der Waals surface area (Å²) in [5.74, 6) is -0.499. The van der Waals surface area contributed by atoms with Crippen molar-refractivity contribution in [2.24, 2.45) is 0 Å². The Labute approximate surface area is 141 Å². The summed E-state index contributed by atoms with van der Waals surface area (Å²) in [4.78, 5) is 11.7. The smallest absolute Gasteiger partial charge is 0.333 e. The molecule has 3 nitrogen and oxygen atoms in total. The quantitative estimate of drug-likeness (QED) is 0.274. The van der Waals surface area contributed by atoms with Crippen molar-refractivity contribution in [3.63, 3.8) is 0 Å². The predicted octanol–water partition coefficient (Wildman–Crippen LogP) is 5.23.